The van der Waals surface area contributed by atoms with Crippen molar-refractivity contribution in [2.24, 2.45) is 13.0 Å². The van der Waals surface area contributed by atoms with Crippen LogP contribution in [-0.2, 0) is 7.05 Å². The number of benzene rings is 1. The smallest absolute Gasteiger partial charge is 0.251 e. The number of hydrogen-bond acceptors (Lipinski definition) is 3. The zero-order valence-corrected chi connectivity index (χ0v) is 14.8. The third-order valence-corrected chi connectivity index (χ3v) is 5.37. The van der Waals surface area contributed by atoms with Gasteiger partial charge in [0.2, 0.25) is 0 Å². The number of nitrogens with one attached hydrogen (secondary N) is 1. The van der Waals surface area contributed by atoms with Gasteiger partial charge in [-0.05, 0) is 62.3 Å². The van der Waals surface area contributed by atoms with E-state index in [1.165, 1.54) is 24.9 Å². The molecule has 1 aromatic heterocycles. The van der Waals surface area contributed by atoms with Gasteiger partial charge in [0.1, 0.15) is 5.82 Å². The van der Waals surface area contributed by atoms with E-state index in [9.17, 15) is 4.79 Å². The van der Waals surface area contributed by atoms with Gasteiger partial charge in [0.25, 0.3) is 5.91 Å². The SMILES string of the molecule is Cn1ccnc1C(NC(=O)c1ccc(N2CCCCC2)cc1)C1CC1. The van der Waals surface area contributed by atoms with Crippen molar-refractivity contribution in [1.29, 1.82) is 0 Å². The van der Waals surface area contributed by atoms with Crippen LogP contribution in [0.25, 0.3) is 0 Å². The number of imidazole rings is 1. The van der Waals surface area contributed by atoms with E-state index in [4.69, 9.17) is 0 Å². The van der Waals surface area contributed by atoms with Crippen LogP contribution in [0.2, 0.25) is 0 Å². The second-order valence-corrected chi connectivity index (χ2v) is 7.28. The Hall–Kier alpha value is -2.30. The number of carbonyl (C=O) groups is 1. The number of piperidine rings is 1. The molecule has 25 heavy (non-hydrogen) atoms. The first-order valence-electron chi connectivity index (χ1n) is 9.35. The summed E-state index contributed by atoms with van der Waals surface area (Å²) in [6.07, 6.45) is 9.89. The monoisotopic (exact) mass is 338 g/mol. The Kier molecular flexibility index (Phi) is 4.47. The van der Waals surface area contributed by atoms with Crippen LogP contribution in [0.3, 0.4) is 0 Å². The number of aryl methyl sites for hydroxylation is 1. The number of rotatable bonds is 5. The van der Waals surface area contributed by atoms with Crippen molar-refractivity contribution in [2.45, 2.75) is 38.1 Å². The molecule has 1 N–H and O–H groups in total. The van der Waals surface area contributed by atoms with E-state index in [0.29, 0.717) is 5.92 Å². The Morgan fingerprint density at radius 1 is 1.16 bits per heavy atom. The molecule has 5 heteroatoms. The summed E-state index contributed by atoms with van der Waals surface area (Å²) in [6, 6.07) is 8.05. The maximum atomic E-state index is 12.7. The molecule has 0 bridgehead atoms. The zero-order valence-electron chi connectivity index (χ0n) is 14.8. The Balaban J connectivity index is 1.45. The average molecular weight is 338 g/mol. The van der Waals surface area contributed by atoms with Gasteiger partial charge in [-0.25, -0.2) is 4.98 Å². The highest BCUT2D eigenvalue weighted by molar-refractivity contribution is 5.94. The summed E-state index contributed by atoms with van der Waals surface area (Å²) in [5, 5.41) is 3.20. The van der Waals surface area contributed by atoms with Crippen LogP contribution in [0.15, 0.2) is 36.7 Å². The number of amides is 1. The van der Waals surface area contributed by atoms with Crippen molar-refractivity contribution < 1.29 is 4.79 Å². The van der Waals surface area contributed by atoms with Gasteiger partial charge in [-0.3, -0.25) is 4.79 Å². The molecule has 0 radical (unpaired) electrons. The summed E-state index contributed by atoms with van der Waals surface area (Å²) >= 11 is 0. The van der Waals surface area contributed by atoms with E-state index in [0.717, 1.165) is 37.3 Å². The van der Waals surface area contributed by atoms with E-state index in [1.54, 1.807) is 6.20 Å². The van der Waals surface area contributed by atoms with Gasteiger partial charge < -0.3 is 14.8 Å². The van der Waals surface area contributed by atoms with Crippen molar-refractivity contribution in [3.8, 4) is 0 Å². The molecule has 1 aliphatic heterocycles. The summed E-state index contributed by atoms with van der Waals surface area (Å²) in [6.45, 7) is 2.24. The van der Waals surface area contributed by atoms with Gasteiger partial charge in [0.05, 0.1) is 6.04 Å². The third-order valence-electron chi connectivity index (χ3n) is 5.37. The van der Waals surface area contributed by atoms with Crippen molar-refractivity contribution >= 4 is 11.6 Å². The van der Waals surface area contributed by atoms with Crippen LogP contribution in [0.4, 0.5) is 5.69 Å². The lowest BCUT2D eigenvalue weighted by Gasteiger charge is -2.28. The molecule has 2 fully saturated rings. The van der Waals surface area contributed by atoms with Crippen LogP contribution in [0, 0.1) is 5.92 Å². The molecule has 2 aliphatic rings. The van der Waals surface area contributed by atoms with Crippen molar-refractivity contribution in [3.05, 3.63) is 48.0 Å². The van der Waals surface area contributed by atoms with Crippen LogP contribution in [0.5, 0.6) is 0 Å². The van der Waals surface area contributed by atoms with E-state index in [1.807, 2.05) is 29.9 Å². The molecular formula is C20H26N4O. The minimum Gasteiger partial charge on any atom is -0.372 e. The molecule has 1 amide bonds. The summed E-state index contributed by atoms with van der Waals surface area (Å²) in [5.41, 5.74) is 1.94. The maximum absolute atomic E-state index is 12.7. The molecular weight excluding hydrogens is 312 g/mol. The third kappa shape index (κ3) is 3.55. The summed E-state index contributed by atoms with van der Waals surface area (Å²) < 4.78 is 2.00. The highest BCUT2D eigenvalue weighted by Crippen LogP contribution is 2.40. The maximum Gasteiger partial charge on any atom is 0.251 e. The zero-order chi connectivity index (χ0) is 17.2. The topological polar surface area (TPSA) is 50.2 Å². The van der Waals surface area contributed by atoms with E-state index in [-0.39, 0.29) is 11.9 Å². The lowest BCUT2D eigenvalue weighted by atomic mass is 10.1. The van der Waals surface area contributed by atoms with Crippen LogP contribution in [0.1, 0.15) is 54.3 Å². The van der Waals surface area contributed by atoms with Crippen LogP contribution >= 0.6 is 0 Å². The molecule has 132 valence electrons. The quantitative estimate of drug-likeness (QED) is 0.910. The lowest BCUT2D eigenvalue weighted by molar-refractivity contribution is 0.0929. The molecule has 2 aromatic rings. The van der Waals surface area contributed by atoms with Crippen molar-refractivity contribution in [2.75, 3.05) is 18.0 Å². The Bertz CT molecular complexity index is 726. The first-order valence-corrected chi connectivity index (χ1v) is 9.35. The van der Waals surface area contributed by atoms with Gasteiger partial charge in [-0.2, -0.15) is 0 Å². The van der Waals surface area contributed by atoms with E-state index < -0.39 is 0 Å². The van der Waals surface area contributed by atoms with Crippen LogP contribution in [-0.4, -0.2) is 28.5 Å². The van der Waals surface area contributed by atoms with Gasteiger partial charge in [0.15, 0.2) is 0 Å². The molecule has 1 saturated heterocycles. The molecule has 2 heterocycles. The molecule has 1 saturated carbocycles. The molecule has 1 aliphatic carbocycles. The summed E-state index contributed by atoms with van der Waals surface area (Å²) in [4.78, 5) is 19.6. The molecule has 5 nitrogen and oxygen atoms in total. The fourth-order valence-electron chi connectivity index (χ4n) is 3.70. The number of aromatic nitrogens is 2. The summed E-state index contributed by atoms with van der Waals surface area (Å²) in [5.74, 6) is 1.45. The molecule has 0 spiro atoms. The number of carbonyl (C=O) groups excluding carboxylic acids is 1. The van der Waals surface area contributed by atoms with Gasteiger partial charge >= 0.3 is 0 Å². The minimum atomic E-state index is -0.00917. The average Bonchev–Trinajstić information content (AvgIpc) is 3.41. The Morgan fingerprint density at radius 3 is 2.48 bits per heavy atom. The Morgan fingerprint density at radius 2 is 1.88 bits per heavy atom. The highest BCUT2D eigenvalue weighted by Gasteiger charge is 2.35. The first kappa shape index (κ1) is 16.2. The van der Waals surface area contributed by atoms with E-state index in [2.05, 4.69) is 27.3 Å². The number of hydrogen-bond donors (Lipinski definition) is 1. The van der Waals surface area contributed by atoms with Gasteiger partial charge in [-0.1, -0.05) is 0 Å². The largest absolute Gasteiger partial charge is 0.372 e. The van der Waals surface area contributed by atoms with Crippen LogP contribution < -0.4 is 10.2 Å². The van der Waals surface area contributed by atoms with Crippen molar-refractivity contribution in [1.82, 2.24) is 14.9 Å². The standard InChI is InChI=1S/C20H26N4O/c1-23-14-11-21-19(23)18(15-5-6-15)22-20(25)16-7-9-17(10-8-16)24-12-3-2-4-13-24/h7-11,14-15,18H,2-6,12-13H2,1H3,(H,22,25). The number of anilines is 1. The second-order valence-electron chi connectivity index (χ2n) is 7.28. The highest BCUT2D eigenvalue weighted by atomic mass is 16.1. The Labute approximate surface area is 149 Å². The molecule has 1 unspecified atom stereocenters. The first-order chi connectivity index (χ1) is 12.2. The number of nitrogens with zero attached hydrogens (tertiary/aromatic N) is 3. The van der Waals surface area contributed by atoms with Crippen molar-refractivity contribution in [3.63, 3.8) is 0 Å². The lowest BCUT2D eigenvalue weighted by Crippen LogP contribution is -2.32. The second kappa shape index (κ2) is 6.90. The minimum absolute atomic E-state index is 0.00858. The normalized spacial score (nSPS) is 18.8. The summed E-state index contributed by atoms with van der Waals surface area (Å²) in [7, 11) is 1.98. The molecule has 1 atom stereocenters. The fourth-order valence-corrected chi connectivity index (χ4v) is 3.70. The molecule has 1 aromatic carbocycles. The predicted molar refractivity (Wildman–Crippen MR) is 98.6 cm³/mol. The van der Waals surface area contributed by atoms with Gasteiger partial charge in [-0.15, -0.1) is 0 Å². The fraction of sp³-hybridized carbons (Fsp3) is 0.500. The van der Waals surface area contributed by atoms with E-state index >= 15 is 0 Å². The van der Waals surface area contributed by atoms with Gasteiger partial charge in [0, 0.05) is 43.8 Å². The predicted octanol–water partition coefficient (Wildman–Crippen LogP) is 3.29. The molecule has 4 rings (SSSR count).